The first-order valence-corrected chi connectivity index (χ1v) is 8.46. The highest BCUT2D eigenvalue weighted by atomic mass is 16.5. The largest absolute Gasteiger partial charge is 0.494 e. The van der Waals surface area contributed by atoms with Gasteiger partial charge in [-0.05, 0) is 43.3 Å². The number of hydrogen-bond acceptors (Lipinski definition) is 3. The number of hydrogen-bond donors (Lipinski definition) is 2. The lowest BCUT2D eigenvalue weighted by Crippen LogP contribution is -2.50. The second kappa shape index (κ2) is 6.47. The number of benzene rings is 2. The summed E-state index contributed by atoms with van der Waals surface area (Å²) in [6.07, 6.45) is 0. The van der Waals surface area contributed by atoms with Gasteiger partial charge in [0.25, 0.3) is 0 Å². The SMILES string of the molecule is CCOc1ccc(NC(=O)N2CC(c3nc4ccccc4[nH]3)C2)cc1. The molecule has 128 valence electrons. The number of likely N-dealkylation sites (tertiary alicyclic amines) is 1. The van der Waals surface area contributed by atoms with E-state index in [0.29, 0.717) is 19.7 Å². The van der Waals surface area contributed by atoms with Gasteiger partial charge in [-0.1, -0.05) is 12.1 Å². The number of H-pyrrole nitrogens is 1. The van der Waals surface area contributed by atoms with E-state index in [2.05, 4.69) is 15.3 Å². The highest BCUT2D eigenvalue weighted by Crippen LogP contribution is 2.27. The van der Waals surface area contributed by atoms with Crippen molar-refractivity contribution in [2.24, 2.45) is 0 Å². The molecule has 1 saturated heterocycles. The maximum atomic E-state index is 12.3. The van der Waals surface area contributed by atoms with Crippen LogP contribution in [0.15, 0.2) is 48.5 Å². The third-order valence-corrected chi connectivity index (χ3v) is 4.38. The summed E-state index contributed by atoms with van der Waals surface area (Å²) >= 11 is 0. The Kier molecular flexibility index (Phi) is 4.01. The smallest absolute Gasteiger partial charge is 0.321 e. The number of aromatic amines is 1. The van der Waals surface area contributed by atoms with Crippen molar-refractivity contribution in [3.63, 3.8) is 0 Å². The average molecular weight is 336 g/mol. The third-order valence-electron chi connectivity index (χ3n) is 4.38. The minimum absolute atomic E-state index is 0.0866. The van der Waals surface area contributed by atoms with Gasteiger partial charge in [0.2, 0.25) is 0 Å². The van der Waals surface area contributed by atoms with Gasteiger partial charge in [0, 0.05) is 18.8 Å². The second-order valence-electron chi connectivity index (χ2n) is 6.13. The quantitative estimate of drug-likeness (QED) is 0.765. The Hall–Kier alpha value is -3.02. The van der Waals surface area contributed by atoms with E-state index in [1.165, 1.54) is 0 Å². The average Bonchev–Trinajstić information content (AvgIpc) is 2.99. The van der Waals surface area contributed by atoms with Crippen molar-refractivity contribution in [1.82, 2.24) is 14.9 Å². The van der Waals surface area contributed by atoms with Gasteiger partial charge in [-0.3, -0.25) is 0 Å². The van der Waals surface area contributed by atoms with E-state index >= 15 is 0 Å². The number of para-hydroxylation sites is 2. The fourth-order valence-electron chi connectivity index (χ4n) is 2.99. The fourth-order valence-corrected chi connectivity index (χ4v) is 2.99. The van der Waals surface area contributed by atoms with Crippen molar-refractivity contribution in [2.45, 2.75) is 12.8 Å². The van der Waals surface area contributed by atoms with E-state index in [1.54, 1.807) is 4.90 Å². The van der Waals surface area contributed by atoms with E-state index in [0.717, 1.165) is 28.3 Å². The van der Waals surface area contributed by atoms with Gasteiger partial charge in [0.1, 0.15) is 11.6 Å². The van der Waals surface area contributed by atoms with E-state index < -0.39 is 0 Å². The summed E-state index contributed by atoms with van der Waals surface area (Å²) in [4.78, 5) is 22.0. The van der Waals surface area contributed by atoms with Crippen molar-refractivity contribution in [2.75, 3.05) is 25.0 Å². The standard InChI is InChI=1S/C19H20N4O2/c1-2-25-15-9-7-14(8-10-15)20-19(24)23-11-13(12-23)18-21-16-5-3-4-6-17(16)22-18/h3-10,13H,2,11-12H2,1H3,(H,20,24)(H,21,22). The van der Waals surface area contributed by atoms with Gasteiger partial charge in [-0.15, -0.1) is 0 Å². The molecule has 4 rings (SSSR count). The summed E-state index contributed by atoms with van der Waals surface area (Å²) in [5, 5.41) is 2.91. The number of rotatable bonds is 4. The summed E-state index contributed by atoms with van der Waals surface area (Å²) in [5.41, 5.74) is 2.77. The predicted octanol–water partition coefficient (Wildman–Crippen LogP) is 3.59. The highest BCUT2D eigenvalue weighted by Gasteiger charge is 2.33. The molecule has 1 aliphatic rings. The van der Waals surface area contributed by atoms with Gasteiger partial charge in [0.05, 0.1) is 23.6 Å². The van der Waals surface area contributed by atoms with Crippen molar-refractivity contribution in [1.29, 1.82) is 0 Å². The lowest BCUT2D eigenvalue weighted by molar-refractivity contribution is 0.161. The van der Waals surface area contributed by atoms with Crippen LogP contribution in [0.4, 0.5) is 10.5 Å². The summed E-state index contributed by atoms with van der Waals surface area (Å²) in [6, 6.07) is 15.3. The molecule has 3 aromatic rings. The number of carbonyl (C=O) groups is 1. The second-order valence-corrected chi connectivity index (χ2v) is 6.13. The number of nitrogens with one attached hydrogen (secondary N) is 2. The fraction of sp³-hybridized carbons (Fsp3) is 0.263. The third kappa shape index (κ3) is 3.15. The van der Waals surface area contributed by atoms with Crippen LogP contribution >= 0.6 is 0 Å². The van der Waals surface area contributed by atoms with Gasteiger partial charge in [0.15, 0.2) is 0 Å². The first-order valence-electron chi connectivity index (χ1n) is 8.46. The molecule has 1 aliphatic heterocycles. The summed E-state index contributed by atoms with van der Waals surface area (Å²) in [6.45, 7) is 3.91. The molecule has 6 heteroatoms. The van der Waals surface area contributed by atoms with Crippen LogP contribution in [0.25, 0.3) is 11.0 Å². The van der Waals surface area contributed by atoms with E-state index in [9.17, 15) is 4.79 Å². The lowest BCUT2D eigenvalue weighted by atomic mass is 10.0. The molecular weight excluding hydrogens is 316 g/mol. The number of aromatic nitrogens is 2. The van der Waals surface area contributed by atoms with Gasteiger partial charge < -0.3 is 19.9 Å². The number of amides is 2. The maximum absolute atomic E-state index is 12.3. The van der Waals surface area contributed by atoms with Gasteiger partial charge in [-0.25, -0.2) is 9.78 Å². The molecule has 2 aromatic carbocycles. The molecule has 2 amide bonds. The molecule has 25 heavy (non-hydrogen) atoms. The van der Waals surface area contributed by atoms with E-state index in [1.807, 2.05) is 55.5 Å². The molecule has 2 N–H and O–H groups in total. The molecule has 0 aliphatic carbocycles. The van der Waals surface area contributed by atoms with Crippen molar-refractivity contribution in [3.8, 4) is 5.75 Å². The highest BCUT2D eigenvalue weighted by molar-refractivity contribution is 5.90. The zero-order chi connectivity index (χ0) is 17.2. The Morgan fingerprint density at radius 2 is 2.00 bits per heavy atom. The number of nitrogens with zero attached hydrogens (tertiary/aromatic N) is 2. The van der Waals surface area contributed by atoms with Crippen LogP contribution in [0.1, 0.15) is 18.7 Å². The van der Waals surface area contributed by atoms with Crippen LogP contribution in [0.2, 0.25) is 0 Å². The Bertz CT molecular complexity index is 849. The molecule has 2 heterocycles. The first kappa shape index (κ1) is 15.5. The molecule has 0 atom stereocenters. The van der Waals surface area contributed by atoms with Crippen molar-refractivity contribution in [3.05, 3.63) is 54.4 Å². The van der Waals surface area contributed by atoms with Crippen molar-refractivity contribution < 1.29 is 9.53 Å². The maximum Gasteiger partial charge on any atom is 0.321 e. The molecule has 1 fully saturated rings. The zero-order valence-electron chi connectivity index (χ0n) is 14.0. The number of ether oxygens (including phenoxy) is 1. The van der Waals surface area contributed by atoms with Crippen LogP contribution in [0, 0.1) is 0 Å². The molecule has 0 bridgehead atoms. The molecule has 1 aromatic heterocycles. The summed E-state index contributed by atoms with van der Waals surface area (Å²) in [7, 11) is 0. The molecule has 0 saturated carbocycles. The molecule has 0 unspecified atom stereocenters. The van der Waals surface area contributed by atoms with Crippen LogP contribution in [-0.4, -0.2) is 40.6 Å². The van der Waals surface area contributed by atoms with Crippen LogP contribution in [0.5, 0.6) is 5.75 Å². The Morgan fingerprint density at radius 3 is 2.72 bits per heavy atom. The Morgan fingerprint density at radius 1 is 1.24 bits per heavy atom. The van der Waals surface area contributed by atoms with Crippen LogP contribution in [0.3, 0.4) is 0 Å². The van der Waals surface area contributed by atoms with E-state index in [-0.39, 0.29) is 11.9 Å². The number of fused-ring (bicyclic) bond motifs is 1. The monoisotopic (exact) mass is 336 g/mol. The van der Waals surface area contributed by atoms with E-state index in [4.69, 9.17) is 4.74 Å². The van der Waals surface area contributed by atoms with Crippen LogP contribution < -0.4 is 10.1 Å². The minimum atomic E-state index is -0.0866. The molecule has 6 nitrogen and oxygen atoms in total. The zero-order valence-corrected chi connectivity index (χ0v) is 14.0. The van der Waals surface area contributed by atoms with Crippen molar-refractivity contribution >= 4 is 22.8 Å². The van der Waals surface area contributed by atoms with Gasteiger partial charge in [-0.2, -0.15) is 0 Å². The number of urea groups is 1. The normalized spacial score (nSPS) is 14.4. The number of anilines is 1. The predicted molar refractivity (Wildman–Crippen MR) is 97.0 cm³/mol. The lowest BCUT2D eigenvalue weighted by Gasteiger charge is -2.37. The van der Waals surface area contributed by atoms with Crippen LogP contribution in [-0.2, 0) is 0 Å². The summed E-state index contributed by atoms with van der Waals surface area (Å²) in [5.74, 6) is 2.01. The number of imidazole rings is 1. The Balaban J connectivity index is 1.34. The Labute approximate surface area is 145 Å². The molecular formula is C19H20N4O2. The summed E-state index contributed by atoms with van der Waals surface area (Å²) < 4.78 is 5.40. The topological polar surface area (TPSA) is 70.2 Å². The first-order chi connectivity index (χ1) is 12.2. The molecule has 0 radical (unpaired) electrons. The minimum Gasteiger partial charge on any atom is -0.494 e. The van der Waals surface area contributed by atoms with Gasteiger partial charge >= 0.3 is 6.03 Å². The number of carbonyl (C=O) groups excluding carboxylic acids is 1. The molecule has 0 spiro atoms.